The van der Waals surface area contributed by atoms with Crippen molar-refractivity contribution >= 4 is 0 Å². The highest BCUT2D eigenvalue weighted by atomic mass is 16.3. The topological polar surface area (TPSA) is 20.2 Å². The van der Waals surface area contributed by atoms with Crippen molar-refractivity contribution in [1.82, 2.24) is 0 Å². The van der Waals surface area contributed by atoms with Crippen LogP contribution in [0.25, 0.3) is 0 Å². The maximum atomic E-state index is 10.1. The third-order valence-corrected chi connectivity index (χ3v) is 2.33. The van der Waals surface area contributed by atoms with Crippen molar-refractivity contribution in [2.24, 2.45) is 5.41 Å². The first-order valence-electron chi connectivity index (χ1n) is 4.29. The molecule has 0 fully saturated rings. The van der Waals surface area contributed by atoms with Gasteiger partial charge in [-0.15, -0.1) is 13.0 Å². The Balaban J connectivity index is 5.15. The SMILES string of the molecule is C#CC(C)(C=C)C(C)(O)C=C(C)C. The predicted octanol–water partition coefficient (Wildman–Crippen LogP) is 2.53. The normalized spacial score (nSPS) is 19.1. The van der Waals surface area contributed by atoms with Crippen molar-refractivity contribution in [2.75, 3.05) is 0 Å². The van der Waals surface area contributed by atoms with Gasteiger partial charge in [-0.05, 0) is 27.7 Å². The Morgan fingerprint density at radius 1 is 1.46 bits per heavy atom. The monoisotopic (exact) mass is 178 g/mol. The van der Waals surface area contributed by atoms with Crippen molar-refractivity contribution in [3.8, 4) is 12.3 Å². The first-order chi connectivity index (χ1) is 5.79. The average molecular weight is 178 g/mol. The van der Waals surface area contributed by atoms with Crippen LogP contribution < -0.4 is 0 Å². The van der Waals surface area contributed by atoms with Crippen LogP contribution in [0.5, 0.6) is 0 Å². The zero-order valence-corrected chi connectivity index (χ0v) is 8.89. The van der Waals surface area contributed by atoms with Crippen molar-refractivity contribution in [3.05, 3.63) is 24.3 Å². The van der Waals surface area contributed by atoms with E-state index >= 15 is 0 Å². The molecular formula is C12H18O. The zero-order chi connectivity index (χ0) is 10.7. The van der Waals surface area contributed by atoms with Gasteiger partial charge in [-0.25, -0.2) is 0 Å². The van der Waals surface area contributed by atoms with Crippen LogP contribution in [0.2, 0.25) is 0 Å². The molecule has 1 N–H and O–H groups in total. The number of hydrogen-bond donors (Lipinski definition) is 1. The molecule has 0 spiro atoms. The summed E-state index contributed by atoms with van der Waals surface area (Å²) in [5.41, 5.74) is -0.722. The van der Waals surface area contributed by atoms with Gasteiger partial charge in [-0.1, -0.05) is 23.6 Å². The van der Waals surface area contributed by atoms with Crippen molar-refractivity contribution in [1.29, 1.82) is 0 Å². The molecule has 0 heterocycles. The molecule has 13 heavy (non-hydrogen) atoms. The molecule has 1 heteroatoms. The largest absolute Gasteiger partial charge is 0.384 e. The number of aliphatic hydroxyl groups is 1. The van der Waals surface area contributed by atoms with E-state index in [1.807, 2.05) is 13.8 Å². The first kappa shape index (κ1) is 12.0. The Hall–Kier alpha value is -1.00. The van der Waals surface area contributed by atoms with Gasteiger partial charge in [0.1, 0.15) is 0 Å². The van der Waals surface area contributed by atoms with E-state index in [1.165, 1.54) is 0 Å². The predicted molar refractivity (Wildman–Crippen MR) is 57.2 cm³/mol. The lowest BCUT2D eigenvalue weighted by atomic mass is 9.74. The molecule has 0 aromatic rings. The van der Waals surface area contributed by atoms with E-state index in [9.17, 15) is 5.11 Å². The van der Waals surface area contributed by atoms with E-state index < -0.39 is 11.0 Å². The van der Waals surface area contributed by atoms with E-state index in [2.05, 4.69) is 12.5 Å². The molecular weight excluding hydrogens is 160 g/mol. The van der Waals surface area contributed by atoms with E-state index in [0.29, 0.717) is 0 Å². The lowest BCUT2D eigenvalue weighted by Gasteiger charge is -2.34. The highest BCUT2D eigenvalue weighted by Gasteiger charge is 2.37. The Morgan fingerprint density at radius 3 is 2.15 bits per heavy atom. The van der Waals surface area contributed by atoms with Gasteiger partial charge in [0.05, 0.1) is 11.0 Å². The van der Waals surface area contributed by atoms with E-state index in [4.69, 9.17) is 6.42 Å². The molecule has 0 radical (unpaired) electrons. The average Bonchev–Trinajstić information content (AvgIpc) is 2.00. The Bertz CT molecular complexity index is 261. The number of hydrogen-bond acceptors (Lipinski definition) is 1. The fourth-order valence-electron chi connectivity index (χ4n) is 1.12. The van der Waals surface area contributed by atoms with Gasteiger partial charge < -0.3 is 5.11 Å². The summed E-state index contributed by atoms with van der Waals surface area (Å²) < 4.78 is 0. The van der Waals surface area contributed by atoms with Gasteiger partial charge in [0.2, 0.25) is 0 Å². The minimum Gasteiger partial charge on any atom is -0.384 e. The summed E-state index contributed by atoms with van der Waals surface area (Å²) in [7, 11) is 0. The second-order valence-electron chi connectivity index (χ2n) is 3.92. The second-order valence-corrected chi connectivity index (χ2v) is 3.92. The maximum Gasteiger partial charge on any atom is 0.0999 e. The summed E-state index contributed by atoms with van der Waals surface area (Å²) in [4.78, 5) is 0. The van der Waals surface area contributed by atoms with Crippen LogP contribution in [0.1, 0.15) is 27.7 Å². The van der Waals surface area contributed by atoms with Crippen LogP contribution in [-0.2, 0) is 0 Å². The molecule has 0 aliphatic heterocycles. The molecule has 0 rings (SSSR count). The molecule has 0 saturated heterocycles. The molecule has 72 valence electrons. The van der Waals surface area contributed by atoms with Gasteiger partial charge in [0.25, 0.3) is 0 Å². The summed E-state index contributed by atoms with van der Waals surface area (Å²) >= 11 is 0. The van der Waals surface area contributed by atoms with Gasteiger partial charge in [-0.2, -0.15) is 0 Å². The molecule has 0 aliphatic rings. The second kappa shape index (κ2) is 3.81. The first-order valence-corrected chi connectivity index (χ1v) is 4.29. The summed E-state index contributed by atoms with van der Waals surface area (Å²) in [6.45, 7) is 11.0. The third-order valence-electron chi connectivity index (χ3n) is 2.33. The number of terminal acetylenes is 1. The lowest BCUT2D eigenvalue weighted by molar-refractivity contribution is 0.0414. The standard InChI is InChI=1S/C12H18O/c1-7-11(5,8-2)12(6,13)9-10(3)4/h1,8-9,13H,2H2,3-6H3. The molecule has 0 saturated carbocycles. The summed E-state index contributed by atoms with van der Waals surface area (Å²) in [6, 6.07) is 0. The van der Waals surface area contributed by atoms with Gasteiger partial charge in [0, 0.05) is 0 Å². The lowest BCUT2D eigenvalue weighted by Crippen LogP contribution is -2.39. The van der Waals surface area contributed by atoms with Crippen LogP contribution in [0.3, 0.4) is 0 Å². The van der Waals surface area contributed by atoms with Gasteiger partial charge in [0.15, 0.2) is 0 Å². The molecule has 2 unspecified atom stereocenters. The molecule has 0 aliphatic carbocycles. The quantitative estimate of drug-likeness (QED) is 0.520. The van der Waals surface area contributed by atoms with Crippen LogP contribution in [0, 0.1) is 17.8 Å². The summed E-state index contributed by atoms with van der Waals surface area (Å²) in [6.07, 6.45) is 8.73. The molecule has 2 atom stereocenters. The molecule has 0 bridgehead atoms. The van der Waals surface area contributed by atoms with Crippen molar-refractivity contribution in [2.45, 2.75) is 33.3 Å². The van der Waals surface area contributed by atoms with E-state index in [1.54, 1.807) is 26.0 Å². The van der Waals surface area contributed by atoms with E-state index in [0.717, 1.165) is 5.57 Å². The molecule has 1 nitrogen and oxygen atoms in total. The molecule has 0 aromatic heterocycles. The van der Waals surface area contributed by atoms with Crippen LogP contribution in [0.4, 0.5) is 0 Å². The van der Waals surface area contributed by atoms with Crippen molar-refractivity contribution in [3.63, 3.8) is 0 Å². The number of allylic oxidation sites excluding steroid dienone is 1. The Morgan fingerprint density at radius 2 is 1.92 bits per heavy atom. The van der Waals surface area contributed by atoms with Crippen LogP contribution >= 0.6 is 0 Å². The fraction of sp³-hybridized carbons (Fsp3) is 0.500. The number of rotatable bonds is 3. The van der Waals surface area contributed by atoms with Gasteiger partial charge in [-0.3, -0.25) is 0 Å². The zero-order valence-electron chi connectivity index (χ0n) is 8.89. The van der Waals surface area contributed by atoms with Crippen molar-refractivity contribution < 1.29 is 5.11 Å². The minimum atomic E-state index is -1.04. The molecule has 0 amide bonds. The molecule has 0 aromatic carbocycles. The van der Waals surface area contributed by atoms with Crippen LogP contribution in [0.15, 0.2) is 24.3 Å². The van der Waals surface area contributed by atoms with Crippen LogP contribution in [-0.4, -0.2) is 10.7 Å². The summed E-state index contributed by atoms with van der Waals surface area (Å²) in [5.74, 6) is 2.56. The highest BCUT2D eigenvalue weighted by Crippen LogP contribution is 2.33. The smallest absolute Gasteiger partial charge is 0.0999 e. The Labute approximate surface area is 81.2 Å². The van der Waals surface area contributed by atoms with E-state index in [-0.39, 0.29) is 0 Å². The fourth-order valence-corrected chi connectivity index (χ4v) is 1.12. The maximum absolute atomic E-state index is 10.1. The highest BCUT2D eigenvalue weighted by molar-refractivity contribution is 5.26. The Kier molecular flexibility index (Phi) is 3.51. The minimum absolute atomic E-state index is 0.718. The summed E-state index contributed by atoms with van der Waals surface area (Å²) in [5, 5.41) is 10.1. The third kappa shape index (κ3) is 2.47. The van der Waals surface area contributed by atoms with Gasteiger partial charge >= 0.3 is 0 Å².